The molecule has 0 spiro atoms. The van der Waals surface area contributed by atoms with Gasteiger partial charge < -0.3 is 19.5 Å². The van der Waals surface area contributed by atoms with Crippen LogP contribution in [0.15, 0.2) is 42.5 Å². The molecule has 1 N–H and O–H groups in total. The van der Waals surface area contributed by atoms with Crippen LogP contribution in [0.3, 0.4) is 0 Å². The summed E-state index contributed by atoms with van der Waals surface area (Å²) in [7, 11) is 0. The van der Waals surface area contributed by atoms with E-state index in [9.17, 15) is 14.4 Å². The number of benzene rings is 2. The van der Waals surface area contributed by atoms with Crippen LogP contribution in [0.4, 0.5) is 16.2 Å². The van der Waals surface area contributed by atoms with Crippen LogP contribution < -0.4 is 5.32 Å². The number of halogens is 2. The molecule has 0 bridgehead atoms. The maximum atomic E-state index is 13.4. The maximum absolute atomic E-state index is 13.4. The quantitative estimate of drug-likeness (QED) is 0.230. The molecule has 0 aromatic heterocycles. The number of carbonyl (C=O) groups is 3. The van der Waals surface area contributed by atoms with Gasteiger partial charge in [-0.2, -0.15) is 0 Å². The molecule has 1 saturated heterocycles. The molecule has 1 amide bonds. The van der Waals surface area contributed by atoms with E-state index in [1.54, 1.807) is 39.0 Å². The Morgan fingerprint density at radius 3 is 2.25 bits per heavy atom. The van der Waals surface area contributed by atoms with Crippen molar-refractivity contribution in [2.75, 3.05) is 11.9 Å². The Morgan fingerprint density at radius 2 is 1.64 bits per heavy atom. The highest BCUT2D eigenvalue weighted by Crippen LogP contribution is 2.34. The molecule has 2 aromatic carbocycles. The first kappa shape index (κ1) is 35.7. The summed E-state index contributed by atoms with van der Waals surface area (Å²) in [5.41, 5.74) is 0.886. The van der Waals surface area contributed by atoms with Gasteiger partial charge in [0.2, 0.25) is 0 Å². The lowest BCUT2D eigenvalue weighted by molar-refractivity contribution is -0.147. The summed E-state index contributed by atoms with van der Waals surface area (Å²) >= 11 is 12.7. The predicted octanol–water partition coefficient (Wildman–Crippen LogP) is 8.53. The number of esters is 1. The summed E-state index contributed by atoms with van der Waals surface area (Å²) in [6, 6.07) is 11.8. The van der Waals surface area contributed by atoms with E-state index in [0.29, 0.717) is 33.4 Å². The molecule has 0 radical (unpaired) electrons. The van der Waals surface area contributed by atoms with Crippen LogP contribution in [0.1, 0.15) is 86.1 Å². The molecule has 242 valence electrons. The SMILES string of the molecule is CCC(CCCC(=O)[C@@H]1C[C@@H](OC(=O)Cc2ccccc2Nc2c(Cl)cccc2Cl)CN1C(=O)OC(C)(C)C)OC(C)(C)C. The monoisotopic (exact) mass is 648 g/mol. The standard InChI is InChI=1S/C34H46Cl2N2O6/c1-8-23(43-33(2,3)4)14-11-18-29(39)28-20-24(21-38(28)32(41)44-34(5,6)7)42-30(40)19-22-13-9-10-17-27(22)37-31-25(35)15-12-16-26(31)36/h9-10,12-13,15-17,23-24,28,37H,8,11,14,18-21H2,1-7H3/t23?,24-,28+/m1/s1. The highest BCUT2D eigenvalue weighted by molar-refractivity contribution is 6.39. The number of carbonyl (C=O) groups excluding carboxylic acids is 3. The van der Waals surface area contributed by atoms with E-state index in [1.165, 1.54) is 4.90 Å². The summed E-state index contributed by atoms with van der Waals surface area (Å²) in [5.74, 6) is -0.553. The van der Waals surface area contributed by atoms with Crippen LogP contribution in [-0.2, 0) is 30.2 Å². The Labute approximate surface area is 271 Å². The number of ketones is 1. The lowest BCUT2D eigenvalue weighted by Gasteiger charge is -2.28. The second-order valence-corrected chi connectivity index (χ2v) is 14.0. The van der Waals surface area contributed by atoms with Gasteiger partial charge in [-0.1, -0.05) is 54.4 Å². The van der Waals surface area contributed by atoms with Gasteiger partial charge >= 0.3 is 12.1 Å². The number of nitrogens with zero attached hydrogens (tertiary/aromatic N) is 1. The molecule has 8 nitrogen and oxygen atoms in total. The topological polar surface area (TPSA) is 94.2 Å². The number of Topliss-reactive ketones (excluding diaryl/α,β-unsaturated/α-hetero) is 1. The molecule has 44 heavy (non-hydrogen) atoms. The van der Waals surface area contributed by atoms with E-state index < -0.39 is 29.8 Å². The van der Waals surface area contributed by atoms with Gasteiger partial charge in [0.05, 0.1) is 46.4 Å². The Bertz CT molecular complexity index is 1280. The van der Waals surface area contributed by atoms with E-state index in [4.69, 9.17) is 37.4 Å². The van der Waals surface area contributed by atoms with Crippen molar-refractivity contribution in [2.24, 2.45) is 0 Å². The average molecular weight is 650 g/mol. The third kappa shape index (κ3) is 11.0. The summed E-state index contributed by atoms with van der Waals surface area (Å²) in [6.45, 7) is 13.5. The minimum atomic E-state index is -0.737. The van der Waals surface area contributed by atoms with Crippen LogP contribution in [0, 0.1) is 0 Å². The second-order valence-electron chi connectivity index (χ2n) is 13.2. The number of hydrogen-bond donors (Lipinski definition) is 1. The number of anilines is 2. The first-order chi connectivity index (χ1) is 20.6. The van der Waals surface area contributed by atoms with Crippen molar-refractivity contribution in [3.05, 3.63) is 58.1 Å². The fourth-order valence-electron chi connectivity index (χ4n) is 5.16. The van der Waals surface area contributed by atoms with Gasteiger partial charge in [-0.05, 0) is 84.6 Å². The number of ether oxygens (including phenoxy) is 3. The maximum Gasteiger partial charge on any atom is 0.411 e. The zero-order chi connectivity index (χ0) is 32.7. The fourth-order valence-corrected chi connectivity index (χ4v) is 5.65. The van der Waals surface area contributed by atoms with Crippen LogP contribution in [0.2, 0.25) is 10.0 Å². The van der Waals surface area contributed by atoms with Crippen LogP contribution in [0.25, 0.3) is 0 Å². The zero-order valence-corrected chi connectivity index (χ0v) is 28.4. The highest BCUT2D eigenvalue weighted by Gasteiger charge is 2.42. The number of hydrogen-bond acceptors (Lipinski definition) is 7. The molecule has 0 saturated carbocycles. The zero-order valence-electron chi connectivity index (χ0n) is 26.9. The first-order valence-corrected chi connectivity index (χ1v) is 16.0. The molecule has 2 aromatic rings. The summed E-state index contributed by atoms with van der Waals surface area (Å²) < 4.78 is 17.5. The van der Waals surface area contributed by atoms with Gasteiger partial charge in [-0.3, -0.25) is 14.5 Å². The number of rotatable bonds is 12. The summed E-state index contributed by atoms with van der Waals surface area (Å²) in [6.07, 6.45) is 1.51. The molecule has 10 heteroatoms. The van der Waals surface area contributed by atoms with E-state index in [0.717, 1.165) is 12.8 Å². The van der Waals surface area contributed by atoms with Gasteiger partial charge in [0, 0.05) is 18.5 Å². The van der Waals surface area contributed by atoms with Crippen molar-refractivity contribution >= 4 is 52.4 Å². The molecule has 1 aliphatic rings. The molecule has 1 aliphatic heterocycles. The number of amides is 1. The van der Waals surface area contributed by atoms with E-state index in [-0.39, 0.29) is 43.3 Å². The summed E-state index contributed by atoms with van der Waals surface area (Å²) in [4.78, 5) is 41.1. The highest BCUT2D eigenvalue weighted by atomic mass is 35.5. The Morgan fingerprint density at radius 1 is 0.977 bits per heavy atom. The minimum absolute atomic E-state index is 0.0288. The van der Waals surface area contributed by atoms with Crippen molar-refractivity contribution in [3.8, 4) is 0 Å². The van der Waals surface area contributed by atoms with Crippen LogP contribution in [0.5, 0.6) is 0 Å². The van der Waals surface area contributed by atoms with Gasteiger partial charge in [-0.15, -0.1) is 0 Å². The smallest absolute Gasteiger partial charge is 0.411 e. The molecule has 1 fully saturated rings. The fraction of sp³-hybridized carbons (Fsp3) is 0.559. The second kappa shape index (κ2) is 15.5. The van der Waals surface area contributed by atoms with Gasteiger partial charge in [0.15, 0.2) is 5.78 Å². The molecule has 1 unspecified atom stereocenters. The normalized spacial score (nSPS) is 17.7. The first-order valence-electron chi connectivity index (χ1n) is 15.2. The third-order valence-electron chi connectivity index (χ3n) is 7.06. The van der Waals surface area contributed by atoms with Crippen molar-refractivity contribution in [1.82, 2.24) is 4.90 Å². The molecule has 3 atom stereocenters. The van der Waals surface area contributed by atoms with Crippen molar-refractivity contribution < 1.29 is 28.6 Å². The van der Waals surface area contributed by atoms with E-state index in [1.807, 2.05) is 45.0 Å². The molecular weight excluding hydrogens is 603 g/mol. The van der Waals surface area contributed by atoms with Gasteiger partial charge in [0.25, 0.3) is 0 Å². The van der Waals surface area contributed by atoms with Gasteiger partial charge in [0.1, 0.15) is 11.7 Å². The summed E-state index contributed by atoms with van der Waals surface area (Å²) in [5, 5.41) is 4.12. The van der Waals surface area contributed by atoms with Crippen molar-refractivity contribution in [1.29, 1.82) is 0 Å². The minimum Gasteiger partial charge on any atom is -0.460 e. The predicted molar refractivity (Wildman–Crippen MR) is 175 cm³/mol. The third-order valence-corrected chi connectivity index (χ3v) is 7.69. The average Bonchev–Trinajstić information content (AvgIpc) is 3.33. The number of nitrogens with one attached hydrogen (secondary N) is 1. The molecule has 0 aliphatic carbocycles. The van der Waals surface area contributed by atoms with E-state index >= 15 is 0 Å². The van der Waals surface area contributed by atoms with Gasteiger partial charge in [-0.25, -0.2) is 4.79 Å². The van der Waals surface area contributed by atoms with Crippen LogP contribution >= 0.6 is 23.2 Å². The van der Waals surface area contributed by atoms with E-state index in [2.05, 4.69) is 12.2 Å². The Hall–Kier alpha value is -2.81. The number of likely N-dealkylation sites (tertiary alicyclic amines) is 1. The Balaban J connectivity index is 1.67. The largest absolute Gasteiger partial charge is 0.460 e. The van der Waals surface area contributed by atoms with Crippen molar-refractivity contribution in [2.45, 2.75) is 116 Å². The van der Waals surface area contributed by atoms with Crippen LogP contribution in [-0.4, -0.2) is 58.7 Å². The lowest BCUT2D eigenvalue weighted by Crippen LogP contribution is -2.43. The van der Waals surface area contributed by atoms with Crippen molar-refractivity contribution in [3.63, 3.8) is 0 Å². The molecule has 3 rings (SSSR count). The number of para-hydroxylation sites is 2. The lowest BCUT2D eigenvalue weighted by atomic mass is 10.0. The molecular formula is C34H46Cl2N2O6. The molecule has 1 heterocycles. The Kier molecular flexibility index (Phi) is 12.5.